The van der Waals surface area contributed by atoms with Crippen LogP contribution >= 0.6 is 0 Å². The average molecular weight is 212 g/mol. The summed E-state index contributed by atoms with van der Waals surface area (Å²) in [5.41, 5.74) is 0.784. The number of aliphatic imine (C=N–C) groups is 1. The van der Waals surface area contributed by atoms with Gasteiger partial charge in [0.15, 0.2) is 0 Å². The molecule has 5 nitrogen and oxygen atoms in total. The quantitative estimate of drug-likeness (QED) is 0.514. The largest absolute Gasteiger partial charge is 0.475 e. The van der Waals surface area contributed by atoms with Crippen molar-refractivity contribution in [1.29, 1.82) is 0 Å². The minimum atomic E-state index is -1.03. The SMILES string of the molecule is C=C1CCC(OC)CN1C(=NC)C(=O)O. The molecule has 1 rings (SSSR count). The molecule has 0 bridgehead atoms. The molecule has 5 heteroatoms. The van der Waals surface area contributed by atoms with Gasteiger partial charge in [0.25, 0.3) is 0 Å². The van der Waals surface area contributed by atoms with Crippen molar-refractivity contribution in [2.45, 2.75) is 18.9 Å². The Morgan fingerprint density at radius 3 is 2.87 bits per heavy atom. The van der Waals surface area contributed by atoms with E-state index < -0.39 is 5.97 Å². The van der Waals surface area contributed by atoms with Crippen LogP contribution in [0.25, 0.3) is 0 Å². The normalized spacial score (nSPS) is 23.1. The molecule has 1 heterocycles. The molecule has 0 spiro atoms. The molecular formula is C10H16N2O3. The minimum absolute atomic E-state index is 0.0294. The van der Waals surface area contributed by atoms with E-state index in [0.717, 1.165) is 18.5 Å². The molecule has 1 N–H and O–H groups in total. The first-order valence-electron chi connectivity index (χ1n) is 4.78. The van der Waals surface area contributed by atoms with Crippen molar-refractivity contribution >= 4 is 11.8 Å². The van der Waals surface area contributed by atoms with Gasteiger partial charge in [0.2, 0.25) is 5.84 Å². The highest BCUT2D eigenvalue weighted by Gasteiger charge is 2.27. The monoisotopic (exact) mass is 212 g/mol. The first kappa shape index (κ1) is 11.7. The molecule has 1 atom stereocenters. The highest BCUT2D eigenvalue weighted by molar-refractivity contribution is 6.34. The number of aliphatic carboxylic acids is 1. The Bertz CT molecular complexity index is 299. The smallest absolute Gasteiger partial charge is 0.371 e. The molecule has 1 aliphatic rings. The Morgan fingerprint density at radius 2 is 2.40 bits per heavy atom. The molecule has 0 aromatic rings. The molecule has 1 unspecified atom stereocenters. The van der Waals surface area contributed by atoms with E-state index in [2.05, 4.69) is 11.6 Å². The molecule has 0 aromatic heterocycles. The van der Waals surface area contributed by atoms with Gasteiger partial charge in [0.05, 0.1) is 12.6 Å². The van der Waals surface area contributed by atoms with Gasteiger partial charge in [-0.3, -0.25) is 4.99 Å². The van der Waals surface area contributed by atoms with Gasteiger partial charge in [-0.1, -0.05) is 6.58 Å². The summed E-state index contributed by atoms with van der Waals surface area (Å²) in [5.74, 6) is -1.00. The van der Waals surface area contributed by atoms with Crippen molar-refractivity contribution in [3.05, 3.63) is 12.3 Å². The van der Waals surface area contributed by atoms with Gasteiger partial charge < -0.3 is 14.7 Å². The maximum absolute atomic E-state index is 10.9. The fraction of sp³-hybridized carbons (Fsp3) is 0.600. The maximum Gasteiger partial charge on any atom is 0.371 e. The third-order valence-electron chi connectivity index (χ3n) is 2.51. The lowest BCUT2D eigenvalue weighted by molar-refractivity contribution is -0.130. The van der Waals surface area contributed by atoms with E-state index in [1.54, 1.807) is 12.0 Å². The topological polar surface area (TPSA) is 62.1 Å². The van der Waals surface area contributed by atoms with Crippen molar-refractivity contribution < 1.29 is 14.6 Å². The number of piperidine rings is 1. The molecule has 1 saturated heterocycles. The maximum atomic E-state index is 10.9. The van der Waals surface area contributed by atoms with Crippen LogP contribution < -0.4 is 0 Å². The Hall–Kier alpha value is -1.36. The molecule has 0 radical (unpaired) electrons. The molecule has 0 aliphatic carbocycles. The summed E-state index contributed by atoms with van der Waals surface area (Å²) >= 11 is 0. The number of nitrogens with zero attached hydrogens (tertiary/aromatic N) is 2. The van der Waals surface area contributed by atoms with E-state index in [4.69, 9.17) is 9.84 Å². The number of allylic oxidation sites excluding steroid dienone is 1. The number of hydrogen-bond donors (Lipinski definition) is 1. The van der Waals surface area contributed by atoms with Crippen molar-refractivity contribution in [3.63, 3.8) is 0 Å². The van der Waals surface area contributed by atoms with Gasteiger partial charge in [0, 0.05) is 19.9 Å². The molecule has 0 aromatic carbocycles. The van der Waals surface area contributed by atoms with E-state index in [9.17, 15) is 4.79 Å². The fourth-order valence-electron chi connectivity index (χ4n) is 1.65. The summed E-state index contributed by atoms with van der Waals surface area (Å²) in [7, 11) is 3.09. The number of carboxylic acid groups (broad SMARTS) is 1. The second kappa shape index (κ2) is 4.93. The molecule has 15 heavy (non-hydrogen) atoms. The van der Waals surface area contributed by atoms with Crippen LogP contribution in [0.15, 0.2) is 17.3 Å². The van der Waals surface area contributed by atoms with Gasteiger partial charge in [-0.2, -0.15) is 0 Å². The summed E-state index contributed by atoms with van der Waals surface area (Å²) in [5, 5.41) is 8.95. The molecule has 84 valence electrons. The number of likely N-dealkylation sites (tertiary alicyclic amines) is 1. The average Bonchev–Trinajstić information content (AvgIpc) is 2.21. The van der Waals surface area contributed by atoms with E-state index in [1.165, 1.54) is 7.05 Å². The number of ether oxygens (including phenoxy) is 1. The lowest BCUT2D eigenvalue weighted by Gasteiger charge is -2.34. The minimum Gasteiger partial charge on any atom is -0.475 e. The van der Waals surface area contributed by atoms with Crippen LogP contribution in [0, 0.1) is 0 Å². The van der Waals surface area contributed by atoms with Crippen molar-refractivity contribution in [3.8, 4) is 0 Å². The first-order chi connectivity index (χ1) is 7.10. The number of amidine groups is 1. The summed E-state index contributed by atoms with van der Waals surface area (Å²) in [6.45, 7) is 4.35. The van der Waals surface area contributed by atoms with E-state index in [0.29, 0.717) is 6.54 Å². The van der Waals surface area contributed by atoms with E-state index >= 15 is 0 Å². The number of carboxylic acids is 1. The van der Waals surface area contributed by atoms with Gasteiger partial charge in [-0.15, -0.1) is 0 Å². The van der Waals surface area contributed by atoms with Gasteiger partial charge >= 0.3 is 5.97 Å². The zero-order valence-electron chi connectivity index (χ0n) is 9.06. The summed E-state index contributed by atoms with van der Waals surface area (Å²) in [4.78, 5) is 16.3. The summed E-state index contributed by atoms with van der Waals surface area (Å²) < 4.78 is 5.21. The van der Waals surface area contributed by atoms with Crippen molar-refractivity contribution in [2.24, 2.45) is 4.99 Å². The number of methoxy groups -OCH3 is 1. The second-order valence-electron chi connectivity index (χ2n) is 3.43. The Kier molecular flexibility index (Phi) is 3.85. The van der Waals surface area contributed by atoms with E-state index in [-0.39, 0.29) is 11.9 Å². The highest BCUT2D eigenvalue weighted by Crippen LogP contribution is 2.21. The van der Waals surface area contributed by atoms with Crippen LogP contribution in [0.3, 0.4) is 0 Å². The zero-order chi connectivity index (χ0) is 11.4. The Morgan fingerprint density at radius 1 is 1.73 bits per heavy atom. The van der Waals surface area contributed by atoms with Crippen LogP contribution in [-0.2, 0) is 9.53 Å². The van der Waals surface area contributed by atoms with Gasteiger partial charge in [-0.25, -0.2) is 4.79 Å². The first-order valence-corrected chi connectivity index (χ1v) is 4.78. The fourth-order valence-corrected chi connectivity index (χ4v) is 1.65. The zero-order valence-corrected chi connectivity index (χ0v) is 9.06. The molecule has 1 aliphatic heterocycles. The number of rotatable bonds is 1. The van der Waals surface area contributed by atoms with Crippen LogP contribution in [-0.4, -0.2) is 48.6 Å². The molecule has 0 amide bonds. The number of hydrogen-bond acceptors (Lipinski definition) is 3. The number of carbonyl (C=O) groups is 1. The molecular weight excluding hydrogens is 196 g/mol. The third kappa shape index (κ3) is 2.56. The molecule has 0 saturated carbocycles. The predicted octanol–water partition coefficient (Wildman–Crippen LogP) is 0.724. The van der Waals surface area contributed by atoms with Crippen LogP contribution in [0.5, 0.6) is 0 Å². The van der Waals surface area contributed by atoms with Crippen LogP contribution in [0.4, 0.5) is 0 Å². The van der Waals surface area contributed by atoms with Gasteiger partial charge in [-0.05, 0) is 12.8 Å². The standard InChI is InChI=1S/C10H16N2O3/c1-7-4-5-8(15-3)6-12(7)9(11-2)10(13)14/h8H,1,4-6H2,2-3H3,(H,13,14). The Balaban J connectivity index is 2.81. The van der Waals surface area contributed by atoms with E-state index in [1.807, 2.05) is 0 Å². The van der Waals surface area contributed by atoms with Crippen LogP contribution in [0.2, 0.25) is 0 Å². The third-order valence-corrected chi connectivity index (χ3v) is 2.51. The predicted molar refractivity (Wildman–Crippen MR) is 56.9 cm³/mol. The Labute approximate surface area is 89.1 Å². The molecule has 1 fully saturated rings. The van der Waals surface area contributed by atoms with Crippen molar-refractivity contribution in [2.75, 3.05) is 20.7 Å². The summed E-state index contributed by atoms with van der Waals surface area (Å²) in [6, 6.07) is 0. The second-order valence-corrected chi connectivity index (χ2v) is 3.43. The van der Waals surface area contributed by atoms with Crippen LogP contribution in [0.1, 0.15) is 12.8 Å². The highest BCUT2D eigenvalue weighted by atomic mass is 16.5. The van der Waals surface area contributed by atoms with Crippen molar-refractivity contribution in [1.82, 2.24) is 4.90 Å². The van der Waals surface area contributed by atoms with Gasteiger partial charge in [0.1, 0.15) is 0 Å². The lowest BCUT2D eigenvalue weighted by Crippen LogP contribution is -2.44. The lowest BCUT2D eigenvalue weighted by atomic mass is 10.1. The summed E-state index contributed by atoms with van der Waals surface area (Å²) in [6.07, 6.45) is 1.67.